The van der Waals surface area contributed by atoms with E-state index in [0.29, 0.717) is 29.4 Å². The molecular weight excluding hydrogens is 390 g/mol. The molecule has 8 heteroatoms. The summed E-state index contributed by atoms with van der Waals surface area (Å²) in [6.45, 7) is 0.335. The molecule has 4 rings (SSSR count). The number of amides is 2. The average molecular weight is 408 g/mol. The van der Waals surface area contributed by atoms with Gasteiger partial charge in [-0.2, -0.15) is 5.10 Å². The van der Waals surface area contributed by atoms with Crippen molar-refractivity contribution in [1.82, 2.24) is 14.6 Å². The van der Waals surface area contributed by atoms with Gasteiger partial charge in [-0.15, -0.1) is 0 Å². The number of halogens is 1. The van der Waals surface area contributed by atoms with Crippen LogP contribution in [0, 0.1) is 0 Å². The number of aromatic nitrogens is 2. The van der Waals surface area contributed by atoms with Gasteiger partial charge in [-0.3, -0.25) is 9.59 Å². The number of carbonyl (C=O) groups is 2. The average Bonchev–Trinajstić information content (AvgIpc) is 3.25. The minimum absolute atomic E-state index is 0.0990. The van der Waals surface area contributed by atoms with Gasteiger partial charge in [0.05, 0.1) is 23.6 Å². The van der Waals surface area contributed by atoms with Crippen LogP contribution in [0.4, 0.5) is 5.69 Å². The molecule has 1 N–H and O–H groups in total. The van der Waals surface area contributed by atoms with E-state index in [-0.39, 0.29) is 18.2 Å². The van der Waals surface area contributed by atoms with Crippen LogP contribution in [0.2, 0.25) is 5.02 Å². The summed E-state index contributed by atoms with van der Waals surface area (Å²) in [6, 6.07) is 14.8. The number of nitrogens with zero attached hydrogens (tertiary/aromatic N) is 4. The molecule has 1 aliphatic rings. The van der Waals surface area contributed by atoms with Gasteiger partial charge in [-0.1, -0.05) is 41.9 Å². The van der Waals surface area contributed by atoms with Gasteiger partial charge < -0.3 is 9.88 Å². The quantitative estimate of drug-likeness (QED) is 0.701. The van der Waals surface area contributed by atoms with Crippen LogP contribution in [0.3, 0.4) is 0 Å². The third kappa shape index (κ3) is 4.35. The van der Waals surface area contributed by atoms with E-state index in [4.69, 9.17) is 11.6 Å². The van der Waals surface area contributed by atoms with Crippen LogP contribution in [0.25, 0.3) is 5.69 Å². The fourth-order valence-electron chi connectivity index (χ4n) is 3.04. The molecule has 1 aliphatic heterocycles. The van der Waals surface area contributed by atoms with E-state index < -0.39 is 0 Å². The van der Waals surface area contributed by atoms with Crippen molar-refractivity contribution in [3.8, 4) is 5.69 Å². The summed E-state index contributed by atoms with van der Waals surface area (Å²) in [5, 5.41) is 8.91. The Balaban J connectivity index is 1.48. The first-order chi connectivity index (χ1) is 14.1. The normalized spacial score (nSPS) is 13.9. The molecule has 0 radical (unpaired) electrons. The molecule has 1 aromatic heterocycles. The Labute approximate surface area is 172 Å². The van der Waals surface area contributed by atoms with Gasteiger partial charge in [-0.25, -0.2) is 9.99 Å². The molecule has 146 valence electrons. The minimum Gasteiger partial charge on any atom is -0.321 e. The van der Waals surface area contributed by atoms with E-state index in [0.717, 1.165) is 11.3 Å². The predicted molar refractivity (Wildman–Crippen MR) is 111 cm³/mol. The molecule has 0 aliphatic carbocycles. The number of imidazole rings is 1. The highest BCUT2D eigenvalue weighted by Gasteiger charge is 2.24. The number of anilines is 1. The highest BCUT2D eigenvalue weighted by Crippen LogP contribution is 2.24. The summed E-state index contributed by atoms with van der Waals surface area (Å²) in [4.78, 5) is 28.8. The SMILES string of the molecule is O=C(Nc1ccc(-n2ccnc2)c(Cl)c1)C1=NN(Cc2ccccc2)C(=O)CC1. The summed E-state index contributed by atoms with van der Waals surface area (Å²) in [6.07, 6.45) is 5.65. The van der Waals surface area contributed by atoms with Gasteiger partial charge in [0.15, 0.2) is 0 Å². The Morgan fingerprint density at radius 2 is 1.97 bits per heavy atom. The second-order valence-corrected chi connectivity index (χ2v) is 6.98. The van der Waals surface area contributed by atoms with Crippen molar-refractivity contribution in [3.63, 3.8) is 0 Å². The van der Waals surface area contributed by atoms with Crippen molar-refractivity contribution in [2.45, 2.75) is 19.4 Å². The monoisotopic (exact) mass is 407 g/mol. The van der Waals surface area contributed by atoms with Crippen LogP contribution >= 0.6 is 11.6 Å². The number of benzene rings is 2. The molecule has 29 heavy (non-hydrogen) atoms. The molecule has 2 aromatic carbocycles. The van der Waals surface area contributed by atoms with Crippen molar-refractivity contribution < 1.29 is 9.59 Å². The molecular formula is C21H18ClN5O2. The standard InChI is InChI=1S/C21H18ClN5O2/c22-17-12-16(6-8-19(17)26-11-10-23-14-26)24-21(29)18-7-9-20(28)27(25-18)13-15-4-2-1-3-5-15/h1-6,8,10-12,14H,7,9,13H2,(H,24,29). The van der Waals surface area contributed by atoms with E-state index in [1.165, 1.54) is 5.01 Å². The fraction of sp³-hybridized carbons (Fsp3) is 0.143. The maximum absolute atomic E-state index is 12.7. The molecule has 2 heterocycles. The summed E-state index contributed by atoms with van der Waals surface area (Å²) >= 11 is 6.34. The van der Waals surface area contributed by atoms with Crippen molar-refractivity contribution in [1.29, 1.82) is 0 Å². The van der Waals surface area contributed by atoms with E-state index in [1.54, 1.807) is 41.5 Å². The second kappa shape index (κ2) is 8.28. The summed E-state index contributed by atoms with van der Waals surface area (Å²) in [5.41, 5.74) is 2.58. The van der Waals surface area contributed by atoms with Crippen molar-refractivity contribution in [2.24, 2.45) is 5.10 Å². The molecule has 0 saturated heterocycles. The molecule has 0 atom stereocenters. The fourth-order valence-corrected chi connectivity index (χ4v) is 3.32. The third-order valence-electron chi connectivity index (χ3n) is 4.53. The van der Waals surface area contributed by atoms with E-state index in [2.05, 4.69) is 15.4 Å². The molecule has 0 spiro atoms. The maximum atomic E-state index is 12.7. The minimum atomic E-state index is -0.345. The maximum Gasteiger partial charge on any atom is 0.271 e. The lowest BCUT2D eigenvalue weighted by Crippen LogP contribution is -2.36. The number of carbonyl (C=O) groups excluding carboxylic acids is 2. The predicted octanol–water partition coefficient (Wildman–Crippen LogP) is 3.64. The first kappa shape index (κ1) is 18.9. The molecule has 0 saturated carbocycles. The largest absolute Gasteiger partial charge is 0.321 e. The van der Waals surface area contributed by atoms with Gasteiger partial charge >= 0.3 is 0 Å². The molecule has 2 amide bonds. The van der Waals surface area contributed by atoms with Crippen molar-refractivity contribution in [2.75, 3.05) is 5.32 Å². The number of hydrogen-bond donors (Lipinski definition) is 1. The number of rotatable bonds is 5. The first-order valence-corrected chi connectivity index (χ1v) is 9.49. The third-order valence-corrected chi connectivity index (χ3v) is 4.83. The highest BCUT2D eigenvalue weighted by molar-refractivity contribution is 6.43. The van der Waals surface area contributed by atoms with Crippen LogP contribution in [0.1, 0.15) is 18.4 Å². The second-order valence-electron chi connectivity index (χ2n) is 6.57. The zero-order valence-electron chi connectivity index (χ0n) is 15.5. The smallest absolute Gasteiger partial charge is 0.271 e. The first-order valence-electron chi connectivity index (χ1n) is 9.11. The topological polar surface area (TPSA) is 79.6 Å². The number of hydrazone groups is 1. The molecule has 0 unspecified atom stereocenters. The van der Waals surface area contributed by atoms with E-state index in [9.17, 15) is 9.59 Å². The van der Waals surface area contributed by atoms with E-state index >= 15 is 0 Å². The number of nitrogens with one attached hydrogen (secondary N) is 1. The Hall–Kier alpha value is -3.45. The van der Waals surface area contributed by atoms with Gasteiger partial charge in [0, 0.05) is 30.9 Å². The highest BCUT2D eigenvalue weighted by atomic mass is 35.5. The van der Waals surface area contributed by atoms with E-state index in [1.807, 2.05) is 30.3 Å². The summed E-state index contributed by atoms with van der Waals surface area (Å²) < 4.78 is 1.78. The number of hydrogen-bond acceptors (Lipinski definition) is 4. The molecule has 3 aromatic rings. The Morgan fingerprint density at radius 3 is 2.69 bits per heavy atom. The lowest BCUT2D eigenvalue weighted by molar-refractivity contribution is -0.132. The van der Waals surface area contributed by atoms with Crippen molar-refractivity contribution in [3.05, 3.63) is 77.8 Å². The van der Waals surface area contributed by atoms with Crippen LogP contribution < -0.4 is 5.32 Å². The van der Waals surface area contributed by atoms with Gasteiger partial charge in [0.1, 0.15) is 5.71 Å². The Morgan fingerprint density at radius 1 is 1.14 bits per heavy atom. The van der Waals surface area contributed by atoms with Crippen LogP contribution in [-0.2, 0) is 16.1 Å². The lowest BCUT2D eigenvalue weighted by Gasteiger charge is -2.23. The Bertz CT molecular complexity index is 1060. The van der Waals surface area contributed by atoms with Crippen LogP contribution in [0.5, 0.6) is 0 Å². The summed E-state index contributed by atoms with van der Waals surface area (Å²) in [5.74, 6) is -0.444. The van der Waals surface area contributed by atoms with Crippen molar-refractivity contribution >= 4 is 34.8 Å². The molecule has 7 nitrogen and oxygen atoms in total. The zero-order valence-corrected chi connectivity index (χ0v) is 16.2. The molecule has 0 bridgehead atoms. The zero-order chi connectivity index (χ0) is 20.2. The van der Waals surface area contributed by atoms with Gasteiger partial charge in [0.2, 0.25) is 5.91 Å². The van der Waals surface area contributed by atoms with Crippen LogP contribution in [-0.4, -0.2) is 32.1 Å². The van der Waals surface area contributed by atoms with Crippen LogP contribution in [0.15, 0.2) is 72.4 Å². The summed E-state index contributed by atoms with van der Waals surface area (Å²) in [7, 11) is 0. The molecule has 0 fully saturated rings. The Kier molecular flexibility index (Phi) is 5.39. The van der Waals surface area contributed by atoms with Gasteiger partial charge in [0.25, 0.3) is 5.91 Å². The van der Waals surface area contributed by atoms with Gasteiger partial charge in [-0.05, 0) is 23.8 Å². The lowest BCUT2D eigenvalue weighted by atomic mass is 10.1.